The molecule has 8 heteroatoms. The molecule has 2 heterocycles. The number of carbonyl (C=O) groups excluding carboxylic acids is 1. The van der Waals surface area contributed by atoms with Crippen LogP contribution in [-0.2, 0) is 9.63 Å². The number of amides is 1. The number of amidine groups is 2. The minimum Gasteiger partial charge on any atom is -0.493 e. The normalized spacial score (nSPS) is 16.2. The maximum atomic E-state index is 12.5. The molecule has 0 unspecified atom stereocenters. The van der Waals surface area contributed by atoms with Gasteiger partial charge in [0.2, 0.25) is 0 Å². The van der Waals surface area contributed by atoms with Crippen LogP contribution in [0.1, 0.15) is 25.8 Å². The summed E-state index contributed by atoms with van der Waals surface area (Å²) in [7, 11) is 0. The summed E-state index contributed by atoms with van der Waals surface area (Å²) in [4.78, 5) is 21.9. The Morgan fingerprint density at radius 2 is 1.85 bits per heavy atom. The lowest BCUT2D eigenvalue weighted by Gasteiger charge is -2.23. The predicted molar refractivity (Wildman–Crippen MR) is 124 cm³/mol. The second-order valence-corrected chi connectivity index (χ2v) is 7.33. The van der Waals surface area contributed by atoms with Crippen molar-refractivity contribution in [3.8, 4) is 17.2 Å². The summed E-state index contributed by atoms with van der Waals surface area (Å²) in [6.45, 7) is 5.09. The molecule has 1 amide bonds. The largest absolute Gasteiger partial charge is 0.493 e. The molecule has 0 saturated heterocycles. The number of hydrogen-bond acceptors (Lipinski definition) is 6. The highest BCUT2D eigenvalue weighted by molar-refractivity contribution is 6.32. The smallest absolute Gasteiger partial charge is 0.282 e. The third-order valence-electron chi connectivity index (χ3n) is 4.82. The van der Waals surface area contributed by atoms with E-state index >= 15 is 0 Å². The predicted octanol–water partition coefficient (Wildman–Crippen LogP) is 4.38. The summed E-state index contributed by atoms with van der Waals surface area (Å²) in [5.74, 6) is 2.33. The van der Waals surface area contributed by atoms with Gasteiger partial charge in [0.15, 0.2) is 23.2 Å². The number of nitrogens with one attached hydrogen (secondary N) is 1. The summed E-state index contributed by atoms with van der Waals surface area (Å²) < 4.78 is 17.3. The number of para-hydroxylation sites is 1. The van der Waals surface area contributed by atoms with Crippen molar-refractivity contribution >= 4 is 23.7 Å². The fourth-order valence-corrected chi connectivity index (χ4v) is 3.32. The van der Waals surface area contributed by atoms with Crippen LogP contribution in [0, 0.1) is 5.41 Å². The van der Waals surface area contributed by atoms with Crippen LogP contribution >= 0.6 is 0 Å². The molecular formula is C25H25N3O5. The van der Waals surface area contributed by atoms with Gasteiger partial charge in [0.1, 0.15) is 11.5 Å². The van der Waals surface area contributed by atoms with Crippen molar-refractivity contribution in [2.24, 2.45) is 4.99 Å². The first-order valence-electron chi connectivity index (χ1n) is 10.7. The van der Waals surface area contributed by atoms with Crippen LogP contribution < -0.4 is 14.2 Å². The molecule has 2 aliphatic heterocycles. The molecule has 33 heavy (non-hydrogen) atoms. The van der Waals surface area contributed by atoms with Crippen LogP contribution in [-0.4, -0.2) is 42.5 Å². The van der Waals surface area contributed by atoms with Gasteiger partial charge in [-0.3, -0.25) is 10.2 Å². The molecule has 8 nitrogen and oxygen atoms in total. The second-order valence-electron chi connectivity index (χ2n) is 7.33. The number of benzene rings is 2. The Hall–Kier alpha value is -4.07. The Morgan fingerprint density at radius 3 is 2.64 bits per heavy atom. The van der Waals surface area contributed by atoms with E-state index in [0.29, 0.717) is 54.9 Å². The van der Waals surface area contributed by atoms with Gasteiger partial charge in [-0.2, -0.15) is 4.99 Å². The van der Waals surface area contributed by atoms with Crippen LogP contribution in [0.5, 0.6) is 17.2 Å². The minimum atomic E-state index is -0.488. The standard InChI is InChI=1S/C25H25N3O5/c1-3-30-22-16-18(15-20-24(26)28-23(27-25(20)29)14-17(2)33-28)10-11-21(22)32-13-7-12-31-19-8-5-4-6-9-19/h4-6,8-11,14-16,26H,3,7,12-13H2,1-2H3/b20-15+,26-24?. The molecule has 2 aromatic rings. The number of aliphatic imine (C=N–C) groups is 1. The molecule has 0 radical (unpaired) electrons. The first-order chi connectivity index (χ1) is 16.0. The van der Waals surface area contributed by atoms with E-state index in [1.165, 1.54) is 5.06 Å². The van der Waals surface area contributed by atoms with E-state index in [2.05, 4.69) is 4.99 Å². The molecule has 0 fully saturated rings. The number of fused-ring (bicyclic) bond motifs is 1. The van der Waals surface area contributed by atoms with E-state index in [4.69, 9.17) is 24.5 Å². The zero-order valence-corrected chi connectivity index (χ0v) is 18.5. The minimum absolute atomic E-state index is 0.0604. The summed E-state index contributed by atoms with van der Waals surface area (Å²) in [6.07, 6.45) is 3.93. The fraction of sp³-hybridized carbons (Fsp3) is 0.240. The average molecular weight is 447 g/mol. The van der Waals surface area contributed by atoms with E-state index in [1.807, 2.05) is 37.3 Å². The van der Waals surface area contributed by atoms with Gasteiger partial charge in [-0.15, -0.1) is 5.06 Å². The van der Waals surface area contributed by atoms with Crippen LogP contribution in [0.15, 0.2) is 70.9 Å². The lowest BCUT2D eigenvalue weighted by atomic mass is 10.1. The Bertz CT molecular complexity index is 1140. The number of rotatable bonds is 9. The first kappa shape index (κ1) is 22.1. The van der Waals surface area contributed by atoms with Crippen LogP contribution in [0.25, 0.3) is 6.08 Å². The topological polar surface area (TPSA) is 93.4 Å². The van der Waals surface area contributed by atoms with Crippen molar-refractivity contribution in [2.45, 2.75) is 20.3 Å². The molecule has 0 aliphatic carbocycles. The van der Waals surface area contributed by atoms with Crippen molar-refractivity contribution < 1.29 is 23.8 Å². The van der Waals surface area contributed by atoms with Crippen LogP contribution in [0.4, 0.5) is 0 Å². The Kier molecular flexibility index (Phi) is 6.73. The molecule has 4 rings (SSSR count). The Labute approximate surface area is 192 Å². The van der Waals surface area contributed by atoms with Crippen molar-refractivity contribution in [1.82, 2.24) is 5.06 Å². The van der Waals surface area contributed by atoms with Gasteiger partial charge >= 0.3 is 0 Å². The molecular weight excluding hydrogens is 422 g/mol. The number of allylic oxidation sites excluding steroid dienone is 1. The van der Waals surface area contributed by atoms with Gasteiger partial charge in [-0.25, -0.2) is 0 Å². The lowest BCUT2D eigenvalue weighted by molar-refractivity contribution is -0.114. The third-order valence-corrected chi connectivity index (χ3v) is 4.82. The monoisotopic (exact) mass is 447 g/mol. The quantitative estimate of drug-likeness (QED) is 0.453. The van der Waals surface area contributed by atoms with Crippen molar-refractivity contribution in [2.75, 3.05) is 19.8 Å². The summed E-state index contributed by atoms with van der Waals surface area (Å²) in [5, 5.41) is 9.58. The Morgan fingerprint density at radius 1 is 1.06 bits per heavy atom. The second kappa shape index (κ2) is 10.0. The maximum absolute atomic E-state index is 12.5. The van der Waals surface area contributed by atoms with Gasteiger partial charge in [-0.1, -0.05) is 24.3 Å². The fourth-order valence-electron chi connectivity index (χ4n) is 3.32. The third kappa shape index (κ3) is 5.23. The van der Waals surface area contributed by atoms with E-state index in [0.717, 1.165) is 5.75 Å². The summed E-state index contributed by atoms with van der Waals surface area (Å²) in [5.41, 5.74) is 0.824. The molecule has 1 N–H and O–H groups in total. The number of hydroxylamine groups is 2. The van der Waals surface area contributed by atoms with Gasteiger partial charge in [0.25, 0.3) is 5.91 Å². The maximum Gasteiger partial charge on any atom is 0.282 e. The zero-order chi connectivity index (χ0) is 23.2. The van der Waals surface area contributed by atoms with Crippen LogP contribution in [0.2, 0.25) is 0 Å². The highest BCUT2D eigenvalue weighted by Crippen LogP contribution is 2.31. The van der Waals surface area contributed by atoms with Gasteiger partial charge in [0.05, 0.1) is 25.4 Å². The molecule has 2 aliphatic rings. The molecule has 2 aromatic carbocycles. The zero-order valence-electron chi connectivity index (χ0n) is 18.5. The van der Waals surface area contributed by atoms with Gasteiger partial charge in [-0.05, 0) is 49.8 Å². The summed E-state index contributed by atoms with van der Waals surface area (Å²) in [6, 6.07) is 15.0. The molecule has 0 spiro atoms. The molecule has 0 bridgehead atoms. The number of carbonyl (C=O) groups is 1. The summed E-state index contributed by atoms with van der Waals surface area (Å²) >= 11 is 0. The average Bonchev–Trinajstić information content (AvgIpc) is 3.18. The molecule has 0 atom stereocenters. The van der Waals surface area contributed by atoms with E-state index in [1.54, 1.807) is 37.3 Å². The highest BCUT2D eigenvalue weighted by atomic mass is 16.7. The molecule has 0 saturated carbocycles. The number of ether oxygens (including phenoxy) is 3. The van der Waals surface area contributed by atoms with Gasteiger partial charge in [0, 0.05) is 12.5 Å². The van der Waals surface area contributed by atoms with Crippen LogP contribution in [0.3, 0.4) is 0 Å². The molecule has 0 aromatic heterocycles. The number of nitrogens with zero attached hydrogens (tertiary/aromatic N) is 2. The first-order valence-corrected chi connectivity index (χ1v) is 10.7. The molecule has 170 valence electrons. The van der Waals surface area contributed by atoms with Crippen molar-refractivity contribution in [3.05, 3.63) is 71.5 Å². The highest BCUT2D eigenvalue weighted by Gasteiger charge is 2.34. The van der Waals surface area contributed by atoms with Gasteiger partial charge < -0.3 is 19.0 Å². The van der Waals surface area contributed by atoms with Crippen molar-refractivity contribution in [3.63, 3.8) is 0 Å². The van der Waals surface area contributed by atoms with E-state index < -0.39 is 5.91 Å². The lowest BCUT2D eigenvalue weighted by Crippen LogP contribution is -2.38. The Balaban J connectivity index is 1.41. The van der Waals surface area contributed by atoms with E-state index in [9.17, 15) is 4.79 Å². The van der Waals surface area contributed by atoms with Crippen molar-refractivity contribution in [1.29, 1.82) is 5.41 Å². The number of hydrogen-bond donors (Lipinski definition) is 1. The SMILES string of the molecule is CCOc1cc(/C=C2\C(=N)N3OC(C)=CC3=NC2=O)ccc1OCCCOc1ccccc1. The van der Waals surface area contributed by atoms with E-state index in [-0.39, 0.29) is 11.4 Å².